The summed E-state index contributed by atoms with van der Waals surface area (Å²) < 4.78 is 48.9. The molecular formula is C25H18Cl2F3NO4. The number of anilines is 1. The van der Waals surface area contributed by atoms with Crippen molar-refractivity contribution in [3.63, 3.8) is 0 Å². The number of nitrogens with one attached hydrogen (secondary N) is 1. The predicted molar refractivity (Wildman–Crippen MR) is 127 cm³/mol. The van der Waals surface area contributed by atoms with Gasteiger partial charge in [0.05, 0.1) is 16.3 Å². The number of ether oxygens (including phenoxy) is 2. The van der Waals surface area contributed by atoms with Crippen molar-refractivity contribution in [2.24, 2.45) is 0 Å². The minimum atomic E-state index is -4.59. The lowest BCUT2D eigenvalue weighted by Crippen LogP contribution is -2.20. The first-order valence-electron chi connectivity index (χ1n) is 10.1. The maximum Gasteiger partial charge on any atom is 0.416 e. The van der Waals surface area contributed by atoms with Crippen molar-refractivity contribution in [2.75, 3.05) is 11.9 Å². The second kappa shape index (κ2) is 11.8. The Morgan fingerprint density at radius 3 is 2.29 bits per heavy atom. The second-order valence-corrected chi connectivity index (χ2v) is 8.01. The number of benzene rings is 3. The van der Waals surface area contributed by atoms with E-state index in [1.165, 1.54) is 6.08 Å². The third kappa shape index (κ3) is 8.35. The number of amides is 1. The van der Waals surface area contributed by atoms with Gasteiger partial charge in [0.25, 0.3) is 5.91 Å². The van der Waals surface area contributed by atoms with E-state index in [2.05, 4.69) is 5.32 Å². The summed E-state index contributed by atoms with van der Waals surface area (Å²) in [6.45, 7) is -0.334. The summed E-state index contributed by atoms with van der Waals surface area (Å²) in [4.78, 5) is 23.8. The van der Waals surface area contributed by atoms with Crippen LogP contribution in [0.5, 0.6) is 5.75 Å². The molecular weight excluding hydrogens is 506 g/mol. The third-order valence-corrected chi connectivity index (χ3v) is 5.11. The van der Waals surface area contributed by atoms with Crippen LogP contribution >= 0.6 is 23.2 Å². The molecule has 0 aliphatic heterocycles. The number of hydrogen-bond acceptors (Lipinski definition) is 4. The summed E-state index contributed by atoms with van der Waals surface area (Å²) in [5.74, 6) is -1.02. The van der Waals surface area contributed by atoms with Crippen LogP contribution in [0.3, 0.4) is 0 Å². The highest BCUT2D eigenvalue weighted by Crippen LogP contribution is 2.33. The van der Waals surface area contributed by atoms with Gasteiger partial charge in [-0.25, -0.2) is 4.79 Å². The van der Waals surface area contributed by atoms with Gasteiger partial charge < -0.3 is 14.8 Å². The Hall–Kier alpha value is -3.49. The van der Waals surface area contributed by atoms with Gasteiger partial charge in [0.2, 0.25) is 0 Å². The molecule has 0 heterocycles. The fourth-order valence-corrected chi connectivity index (χ4v) is 3.05. The van der Waals surface area contributed by atoms with E-state index in [0.29, 0.717) is 29.0 Å². The average Bonchev–Trinajstić information content (AvgIpc) is 2.82. The number of alkyl halides is 3. The fourth-order valence-electron chi connectivity index (χ4n) is 2.76. The van der Waals surface area contributed by atoms with Gasteiger partial charge in [-0.15, -0.1) is 0 Å². The molecule has 182 valence electrons. The summed E-state index contributed by atoms with van der Waals surface area (Å²) in [7, 11) is 0. The van der Waals surface area contributed by atoms with Crippen LogP contribution in [0.4, 0.5) is 18.9 Å². The first kappa shape index (κ1) is 26.1. The molecule has 0 aliphatic rings. The van der Waals surface area contributed by atoms with Crippen molar-refractivity contribution in [3.8, 4) is 5.75 Å². The predicted octanol–water partition coefficient (Wildman–Crippen LogP) is 6.79. The first-order valence-corrected chi connectivity index (χ1v) is 10.8. The van der Waals surface area contributed by atoms with Crippen LogP contribution in [-0.4, -0.2) is 18.5 Å². The van der Waals surface area contributed by atoms with Gasteiger partial charge in [-0.2, -0.15) is 13.2 Å². The summed E-state index contributed by atoms with van der Waals surface area (Å²) in [6, 6.07) is 16.7. The Bertz CT molecular complexity index is 1210. The maximum absolute atomic E-state index is 12.8. The van der Waals surface area contributed by atoms with Crippen LogP contribution in [0.1, 0.15) is 16.7 Å². The van der Waals surface area contributed by atoms with E-state index in [1.54, 1.807) is 36.4 Å². The van der Waals surface area contributed by atoms with Crippen LogP contribution in [0.2, 0.25) is 10.0 Å². The zero-order valence-corrected chi connectivity index (χ0v) is 19.5. The molecule has 0 aromatic heterocycles. The Morgan fingerprint density at radius 2 is 1.63 bits per heavy atom. The number of carbonyl (C=O) groups excluding carboxylic acids is 2. The van der Waals surface area contributed by atoms with Crippen molar-refractivity contribution in [1.82, 2.24) is 0 Å². The molecule has 5 nitrogen and oxygen atoms in total. The van der Waals surface area contributed by atoms with Gasteiger partial charge in [0.15, 0.2) is 6.61 Å². The molecule has 0 radical (unpaired) electrons. The summed E-state index contributed by atoms with van der Waals surface area (Å²) >= 11 is 11.7. The molecule has 0 spiro atoms. The molecule has 10 heteroatoms. The smallest absolute Gasteiger partial charge is 0.416 e. The van der Waals surface area contributed by atoms with Gasteiger partial charge in [0.1, 0.15) is 12.4 Å². The minimum absolute atomic E-state index is 0.0850. The maximum atomic E-state index is 12.8. The molecule has 3 rings (SSSR count). The Balaban J connectivity index is 1.46. The van der Waals surface area contributed by atoms with E-state index in [9.17, 15) is 22.8 Å². The normalized spacial score (nSPS) is 11.3. The molecule has 0 bridgehead atoms. The van der Waals surface area contributed by atoms with E-state index >= 15 is 0 Å². The van der Waals surface area contributed by atoms with Gasteiger partial charge >= 0.3 is 12.1 Å². The number of carbonyl (C=O) groups is 2. The molecule has 1 N–H and O–H groups in total. The number of hydrogen-bond donors (Lipinski definition) is 1. The van der Waals surface area contributed by atoms with Crippen LogP contribution in [0.25, 0.3) is 6.08 Å². The second-order valence-electron chi connectivity index (χ2n) is 7.17. The monoisotopic (exact) mass is 523 g/mol. The summed E-state index contributed by atoms with van der Waals surface area (Å²) in [6.07, 6.45) is -2.00. The van der Waals surface area contributed by atoms with Crippen LogP contribution in [0.15, 0.2) is 72.8 Å². The highest BCUT2D eigenvalue weighted by molar-refractivity contribution is 6.33. The Labute approximate surface area is 209 Å². The van der Waals surface area contributed by atoms with E-state index in [-0.39, 0.29) is 10.7 Å². The Kier molecular flexibility index (Phi) is 8.78. The fraction of sp³-hybridized carbons (Fsp3) is 0.120. The lowest BCUT2D eigenvalue weighted by atomic mass is 10.2. The first-order chi connectivity index (χ1) is 16.6. The van der Waals surface area contributed by atoms with Crippen molar-refractivity contribution in [1.29, 1.82) is 0 Å². The molecule has 1 amide bonds. The van der Waals surface area contributed by atoms with Gasteiger partial charge in [0, 0.05) is 11.1 Å². The summed E-state index contributed by atoms with van der Waals surface area (Å²) in [5, 5.41) is 2.75. The zero-order chi connectivity index (χ0) is 25.4. The minimum Gasteiger partial charge on any atom is -0.489 e. The van der Waals surface area contributed by atoms with Crippen molar-refractivity contribution in [3.05, 3.63) is 99.5 Å². The molecule has 3 aromatic rings. The molecule has 0 fully saturated rings. The molecule has 0 saturated carbocycles. The number of esters is 1. The molecule has 0 aliphatic carbocycles. The van der Waals surface area contributed by atoms with Crippen molar-refractivity contribution >= 4 is 46.8 Å². The Morgan fingerprint density at radius 1 is 0.943 bits per heavy atom. The summed E-state index contributed by atoms with van der Waals surface area (Å²) in [5.41, 5.74) is 0.427. The van der Waals surface area contributed by atoms with Crippen LogP contribution in [-0.2, 0) is 27.1 Å². The van der Waals surface area contributed by atoms with E-state index in [1.807, 2.05) is 12.1 Å². The SMILES string of the molecule is O=C(COC(=O)/C=C/c1ccc(OCc2ccc(Cl)cc2)cc1)Nc1cc(C(F)(F)F)ccc1Cl. The van der Waals surface area contributed by atoms with Gasteiger partial charge in [-0.1, -0.05) is 47.5 Å². The van der Waals surface area contributed by atoms with E-state index in [4.69, 9.17) is 32.7 Å². The van der Waals surface area contributed by atoms with Crippen molar-refractivity contribution in [2.45, 2.75) is 12.8 Å². The van der Waals surface area contributed by atoms with Gasteiger partial charge in [-0.05, 0) is 59.7 Å². The van der Waals surface area contributed by atoms with Crippen LogP contribution < -0.4 is 10.1 Å². The number of halogens is 5. The molecule has 0 atom stereocenters. The van der Waals surface area contributed by atoms with E-state index in [0.717, 1.165) is 23.8 Å². The van der Waals surface area contributed by atoms with Crippen LogP contribution in [0, 0.1) is 0 Å². The average molecular weight is 524 g/mol. The van der Waals surface area contributed by atoms with Crippen molar-refractivity contribution < 1.29 is 32.2 Å². The molecule has 0 unspecified atom stereocenters. The zero-order valence-electron chi connectivity index (χ0n) is 17.9. The topological polar surface area (TPSA) is 64.6 Å². The highest BCUT2D eigenvalue weighted by atomic mass is 35.5. The lowest BCUT2D eigenvalue weighted by molar-refractivity contribution is -0.142. The molecule has 0 saturated heterocycles. The standard InChI is InChI=1S/C25H18Cl2F3NO4/c26-19-7-1-17(2-8-19)14-34-20-9-3-16(4-10-20)5-12-24(33)35-15-23(32)31-22-13-18(25(28,29)30)6-11-21(22)27/h1-13H,14-15H2,(H,31,32)/b12-5+. The largest absolute Gasteiger partial charge is 0.489 e. The number of rotatable bonds is 8. The van der Waals surface area contributed by atoms with Gasteiger partial charge in [-0.3, -0.25) is 4.79 Å². The quantitative estimate of drug-likeness (QED) is 0.261. The van der Waals surface area contributed by atoms with E-state index < -0.39 is 30.2 Å². The highest BCUT2D eigenvalue weighted by Gasteiger charge is 2.31. The third-order valence-electron chi connectivity index (χ3n) is 4.52. The molecule has 3 aromatic carbocycles. The lowest BCUT2D eigenvalue weighted by Gasteiger charge is -2.11. The molecule has 35 heavy (non-hydrogen) atoms.